The van der Waals surface area contributed by atoms with Gasteiger partial charge in [0.1, 0.15) is 16.5 Å². The van der Waals surface area contributed by atoms with Gasteiger partial charge >= 0.3 is 0 Å². The summed E-state index contributed by atoms with van der Waals surface area (Å²) in [6, 6.07) is 6.51. The molecule has 2 N–H and O–H groups in total. The average Bonchev–Trinajstić information content (AvgIpc) is 3.19. The minimum atomic E-state index is 0.175. The lowest BCUT2D eigenvalue weighted by Gasteiger charge is -2.47. The largest absolute Gasteiger partial charge is 0.497 e. The number of fused-ring (bicyclic) bond motifs is 1. The lowest BCUT2D eigenvalue weighted by atomic mass is 9.84. The molecule has 2 aliphatic rings. The van der Waals surface area contributed by atoms with E-state index in [0.29, 0.717) is 40.4 Å². The summed E-state index contributed by atoms with van der Waals surface area (Å²) in [6.45, 7) is 5.88. The number of benzene rings is 1. The van der Waals surface area contributed by atoms with E-state index in [1.165, 1.54) is 19.4 Å². The smallest absolute Gasteiger partial charge is 0.229 e. The molecule has 0 radical (unpaired) electrons. The first kappa shape index (κ1) is 21.0. The molecule has 7 nitrogen and oxygen atoms in total. The van der Waals surface area contributed by atoms with Gasteiger partial charge in [-0.3, -0.25) is 4.90 Å². The number of piperidine rings is 1. The third-order valence-corrected chi connectivity index (χ3v) is 6.43. The monoisotopic (exact) mass is 431 g/mol. The summed E-state index contributed by atoms with van der Waals surface area (Å²) in [6.07, 6.45) is 6.35. The summed E-state index contributed by atoms with van der Waals surface area (Å²) in [5.41, 5.74) is 0.953. The molecule has 0 aliphatic carbocycles. The molecule has 4 rings (SSSR count). The topological polar surface area (TPSA) is 71.5 Å². The molecule has 2 atom stereocenters. The number of hydrogen-bond acceptors (Lipinski definition) is 7. The average molecular weight is 432 g/mol. The van der Waals surface area contributed by atoms with E-state index in [1.54, 1.807) is 20.4 Å². The fraction of sp³-hybridized carbons (Fsp3) is 0.545. The Kier molecular flexibility index (Phi) is 5.93. The molecular formula is C22H30ClN5O2. The standard InChI is InChI=1S/C22H30ClN5O2/c1-22(2)12-15(8-16-6-5-7-28(16)22)25-20-19(23)13-24-21(27-20)26-14-9-17(29-3)11-18(10-14)30-4/h9-11,13,15-16H,5-8,12H2,1-4H3,(H2,24,25,26,27). The van der Waals surface area contributed by atoms with E-state index in [1.807, 2.05) is 18.2 Å². The van der Waals surface area contributed by atoms with Gasteiger partial charge < -0.3 is 20.1 Å². The lowest BCUT2D eigenvalue weighted by Crippen LogP contribution is -2.55. The quantitative estimate of drug-likeness (QED) is 0.686. The third-order valence-electron chi connectivity index (χ3n) is 6.15. The number of methoxy groups -OCH3 is 2. The number of ether oxygens (including phenoxy) is 2. The second-order valence-electron chi connectivity index (χ2n) is 8.70. The molecule has 3 heterocycles. The molecule has 2 fully saturated rings. The van der Waals surface area contributed by atoms with Gasteiger partial charge in [0.2, 0.25) is 5.95 Å². The molecule has 162 valence electrons. The first-order chi connectivity index (χ1) is 14.4. The van der Waals surface area contributed by atoms with Crippen LogP contribution in [0.4, 0.5) is 17.5 Å². The highest BCUT2D eigenvalue weighted by Gasteiger charge is 2.42. The van der Waals surface area contributed by atoms with Crippen molar-refractivity contribution in [3.05, 3.63) is 29.4 Å². The summed E-state index contributed by atoms with van der Waals surface area (Å²) < 4.78 is 10.7. The molecule has 1 aromatic carbocycles. The Morgan fingerprint density at radius 1 is 1.17 bits per heavy atom. The van der Waals surface area contributed by atoms with Crippen LogP contribution in [0.2, 0.25) is 5.02 Å². The van der Waals surface area contributed by atoms with Crippen LogP contribution in [0.25, 0.3) is 0 Å². The molecule has 8 heteroatoms. The number of anilines is 3. The van der Waals surface area contributed by atoms with Gasteiger partial charge in [-0.1, -0.05) is 11.6 Å². The van der Waals surface area contributed by atoms with E-state index in [2.05, 4.69) is 39.3 Å². The van der Waals surface area contributed by atoms with E-state index in [4.69, 9.17) is 21.1 Å². The molecule has 2 unspecified atom stereocenters. The number of halogens is 1. The Morgan fingerprint density at radius 2 is 1.90 bits per heavy atom. The van der Waals surface area contributed by atoms with Gasteiger partial charge in [0, 0.05) is 41.5 Å². The van der Waals surface area contributed by atoms with Crippen molar-refractivity contribution >= 4 is 29.1 Å². The lowest BCUT2D eigenvalue weighted by molar-refractivity contribution is 0.0501. The van der Waals surface area contributed by atoms with E-state index in [-0.39, 0.29) is 5.54 Å². The van der Waals surface area contributed by atoms with Gasteiger partial charge in [0.25, 0.3) is 0 Å². The van der Waals surface area contributed by atoms with Crippen LogP contribution in [0.3, 0.4) is 0 Å². The summed E-state index contributed by atoms with van der Waals surface area (Å²) in [7, 11) is 3.24. The first-order valence-electron chi connectivity index (χ1n) is 10.4. The van der Waals surface area contributed by atoms with Gasteiger partial charge in [-0.25, -0.2) is 4.98 Å². The summed E-state index contributed by atoms with van der Waals surface area (Å²) in [4.78, 5) is 11.6. The van der Waals surface area contributed by atoms with Gasteiger partial charge in [0.15, 0.2) is 5.82 Å². The third kappa shape index (κ3) is 4.42. The van der Waals surface area contributed by atoms with Gasteiger partial charge in [-0.2, -0.15) is 4.98 Å². The van der Waals surface area contributed by atoms with Crippen molar-refractivity contribution in [2.45, 2.75) is 57.2 Å². The number of rotatable bonds is 6. The summed E-state index contributed by atoms with van der Waals surface area (Å²) in [5, 5.41) is 7.34. The van der Waals surface area contributed by atoms with Crippen LogP contribution in [-0.2, 0) is 0 Å². The fourth-order valence-electron chi connectivity index (χ4n) is 4.85. The molecule has 0 spiro atoms. The predicted molar refractivity (Wildman–Crippen MR) is 120 cm³/mol. The number of hydrogen-bond donors (Lipinski definition) is 2. The van der Waals surface area contributed by atoms with Crippen molar-refractivity contribution in [2.75, 3.05) is 31.4 Å². The van der Waals surface area contributed by atoms with E-state index in [9.17, 15) is 0 Å². The molecule has 2 aliphatic heterocycles. The molecule has 2 aromatic rings. The molecular weight excluding hydrogens is 402 g/mol. The predicted octanol–water partition coefficient (Wildman–Crippen LogP) is 4.71. The minimum Gasteiger partial charge on any atom is -0.497 e. The van der Waals surface area contributed by atoms with E-state index >= 15 is 0 Å². The maximum atomic E-state index is 6.43. The number of aromatic nitrogens is 2. The van der Waals surface area contributed by atoms with Crippen molar-refractivity contribution in [2.24, 2.45) is 0 Å². The zero-order chi connectivity index (χ0) is 21.3. The second-order valence-corrected chi connectivity index (χ2v) is 9.11. The van der Waals surface area contributed by atoms with Crippen LogP contribution in [0.1, 0.15) is 39.5 Å². The van der Waals surface area contributed by atoms with Crippen molar-refractivity contribution in [1.29, 1.82) is 0 Å². The van der Waals surface area contributed by atoms with E-state index in [0.717, 1.165) is 18.5 Å². The maximum Gasteiger partial charge on any atom is 0.229 e. The summed E-state index contributed by atoms with van der Waals surface area (Å²) in [5.74, 6) is 2.51. The van der Waals surface area contributed by atoms with Crippen molar-refractivity contribution < 1.29 is 9.47 Å². The fourth-order valence-corrected chi connectivity index (χ4v) is 5.00. The van der Waals surface area contributed by atoms with Crippen LogP contribution in [-0.4, -0.2) is 53.3 Å². The summed E-state index contributed by atoms with van der Waals surface area (Å²) >= 11 is 6.43. The minimum absolute atomic E-state index is 0.175. The highest BCUT2D eigenvalue weighted by molar-refractivity contribution is 6.32. The molecule has 0 saturated carbocycles. The molecule has 0 amide bonds. The Labute approximate surface area is 183 Å². The van der Waals surface area contributed by atoms with Crippen molar-refractivity contribution in [3.63, 3.8) is 0 Å². The van der Waals surface area contributed by atoms with Crippen LogP contribution in [0, 0.1) is 0 Å². The van der Waals surface area contributed by atoms with E-state index < -0.39 is 0 Å². The zero-order valence-electron chi connectivity index (χ0n) is 18.0. The van der Waals surface area contributed by atoms with Crippen LogP contribution >= 0.6 is 11.6 Å². The highest BCUT2D eigenvalue weighted by atomic mass is 35.5. The van der Waals surface area contributed by atoms with Crippen molar-refractivity contribution in [3.8, 4) is 11.5 Å². The number of nitrogens with zero attached hydrogens (tertiary/aromatic N) is 3. The molecule has 2 saturated heterocycles. The molecule has 0 bridgehead atoms. The van der Waals surface area contributed by atoms with Gasteiger partial charge in [-0.05, 0) is 46.1 Å². The highest BCUT2D eigenvalue weighted by Crippen LogP contribution is 2.39. The Balaban J connectivity index is 1.51. The van der Waals surface area contributed by atoms with Gasteiger partial charge in [0.05, 0.1) is 20.4 Å². The van der Waals surface area contributed by atoms with Crippen LogP contribution < -0.4 is 20.1 Å². The number of nitrogens with one attached hydrogen (secondary N) is 2. The maximum absolute atomic E-state index is 6.43. The Morgan fingerprint density at radius 3 is 2.60 bits per heavy atom. The van der Waals surface area contributed by atoms with Gasteiger partial charge in [-0.15, -0.1) is 0 Å². The molecule has 1 aromatic heterocycles. The SMILES string of the molecule is COc1cc(Nc2ncc(Cl)c(NC3CC4CCCN4C(C)(C)C3)n2)cc(OC)c1. The van der Waals surface area contributed by atoms with Crippen LogP contribution in [0.5, 0.6) is 11.5 Å². The second kappa shape index (κ2) is 8.47. The first-order valence-corrected chi connectivity index (χ1v) is 10.8. The normalized spacial score (nSPS) is 23.0. The van der Waals surface area contributed by atoms with Crippen molar-refractivity contribution in [1.82, 2.24) is 14.9 Å². The zero-order valence-corrected chi connectivity index (χ0v) is 18.8. The van der Waals surface area contributed by atoms with Crippen LogP contribution in [0.15, 0.2) is 24.4 Å². The Bertz CT molecular complexity index is 885. The molecule has 30 heavy (non-hydrogen) atoms. The Hall–Kier alpha value is -2.25.